The average molecular weight is 309 g/mol. The highest BCUT2D eigenvalue weighted by Gasteiger charge is 2.28. The lowest BCUT2D eigenvalue weighted by Crippen LogP contribution is -2.06. The molecule has 0 unspecified atom stereocenters. The summed E-state index contributed by atoms with van der Waals surface area (Å²) >= 11 is 12.1. The molecule has 1 heterocycles. The van der Waals surface area contributed by atoms with Crippen LogP contribution < -0.4 is 11.1 Å². The summed E-state index contributed by atoms with van der Waals surface area (Å²) in [6.07, 6.45) is 2.25. The maximum absolute atomic E-state index is 6.16. The van der Waals surface area contributed by atoms with Crippen molar-refractivity contribution in [1.29, 1.82) is 0 Å². The van der Waals surface area contributed by atoms with E-state index in [0.717, 1.165) is 24.2 Å². The number of aromatic nitrogens is 2. The van der Waals surface area contributed by atoms with Gasteiger partial charge in [0.15, 0.2) is 0 Å². The van der Waals surface area contributed by atoms with Gasteiger partial charge in [-0.1, -0.05) is 23.2 Å². The van der Waals surface area contributed by atoms with Gasteiger partial charge in [-0.25, -0.2) is 9.97 Å². The second-order valence-electron chi connectivity index (χ2n) is 4.96. The summed E-state index contributed by atoms with van der Waals surface area (Å²) in [5, 5.41) is 4.39. The largest absolute Gasteiger partial charge is 0.383 e. The topological polar surface area (TPSA) is 63.8 Å². The number of benzene rings is 1. The molecule has 104 valence electrons. The zero-order valence-electron chi connectivity index (χ0n) is 11.0. The van der Waals surface area contributed by atoms with Crippen LogP contribution in [0, 0.1) is 6.92 Å². The van der Waals surface area contributed by atoms with Crippen molar-refractivity contribution in [3.63, 3.8) is 0 Å². The first-order valence-corrected chi connectivity index (χ1v) is 7.16. The third-order valence-corrected chi connectivity index (χ3v) is 3.89. The van der Waals surface area contributed by atoms with Crippen LogP contribution in [0.3, 0.4) is 0 Å². The van der Waals surface area contributed by atoms with Gasteiger partial charge in [-0.15, -0.1) is 0 Å². The van der Waals surface area contributed by atoms with Gasteiger partial charge in [0.05, 0.1) is 10.7 Å². The van der Waals surface area contributed by atoms with E-state index in [1.165, 1.54) is 0 Å². The highest BCUT2D eigenvalue weighted by Crippen LogP contribution is 2.39. The zero-order valence-corrected chi connectivity index (χ0v) is 12.5. The van der Waals surface area contributed by atoms with E-state index in [9.17, 15) is 0 Å². The molecule has 0 radical (unpaired) electrons. The van der Waals surface area contributed by atoms with Gasteiger partial charge in [0.25, 0.3) is 0 Å². The molecule has 0 spiro atoms. The van der Waals surface area contributed by atoms with Crippen molar-refractivity contribution in [2.45, 2.75) is 25.7 Å². The van der Waals surface area contributed by atoms with Crippen LogP contribution in [0.4, 0.5) is 17.3 Å². The van der Waals surface area contributed by atoms with Crippen molar-refractivity contribution in [3.05, 3.63) is 39.6 Å². The molecule has 1 fully saturated rings. The molecular weight excluding hydrogens is 295 g/mol. The summed E-state index contributed by atoms with van der Waals surface area (Å²) in [5.74, 6) is 2.42. The SMILES string of the molecule is Cc1c(N)nc(C2CC2)nc1Nc1cc(Cl)ccc1Cl. The van der Waals surface area contributed by atoms with E-state index in [1.807, 2.05) is 6.92 Å². The number of nitrogens with zero attached hydrogens (tertiary/aromatic N) is 2. The van der Waals surface area contributed by atoms with Crippen molar-refractivity contribution >= 4 is 40.5 Å². The van der Waals surface area contributed by atoms with E-state index in [-0.39, 0.29) is 0 Å². The molecule has 2 aromatic rings. The Labute approximate surface area is 127 Å². The average Bonchev–Trinajstić information content (AvgIpc) is 3.23. The minimum Gasteiger partial charge on any atom is -0.383 e. The molecule has 6 heteroatoms. The van der Waals surface area contributed by atoms with E-state index in [0.29, 0.717) is 33.3 Å². The number of anilines is 3. The minimum atomic E-state index is 0.438. The van der Waals surface area contributed by atoms with Crippen LogP contribution in [0.2, 0.25) is 10.0 Å². The number of rotatable bonds is 3. The van der Waals surface area contributed by atoms with E-state index in [1.54, 1.807) is 18.2 Å². The van der Waals surface area contributed by atoms with Crippen LogP contribution in [0.1, 0.15) is 30.1 Å². The monoisotopic (exact) mass is 308 g/mol. The Kier molecular flexibility index (Phi) is 3.44. The Morgan fingerprint density at radius 1 is 1.25 bits per heavy atom. The Morgan fingerprint density at radius 3 is 2.70 bits per heavy atom. The maximum Gasteiger partial charge on any atom is 0.139 e. The van der Waals surface area contributed by atoms with Gasteiger partial charge >= 0.3 is 0 Å². The number of halogens is 2. The number of hydrogen-bond acceptors (Lipinski definition) is 4. The Bertz CT molecular complexity index is 668. The molecule has 4 nitrogen and oxygen atoms in total. The normalized spacial score (nSPS) is 14.3. The number of hydrogen-bond donors (Lipinski definition) is 2. The van der Waals surface area contributed by atoms with Crippen molar-refractivity contribution in [1.82, 2.24) is 9.97 Å². The fourth-order valence-corrected chi connectivity index (χ4v) is 2.26. The lowest BCUT2D eigenvalue weighted by Gasteiger charge is -2.13. The minimum absolute atomic E-state index is 0.438. The van der Waals surface area contributed by atoms with E-state index in [4.69, 9.17) is 28.9 Å². The van der Waals surface area contributed by atoms with E-state index < -0.39 is 0 Å². The molecule has 3 rings (SSSR count). The molecule has 1 aliphatic carbocycles. The molecule has 1 saturated carbocycles. The molecule has 1 aromatic carbocycles. The Balaban J connectivity index is 1.99. The first-order chi connectivity index (χ1) is 9.54. The molecule has 0 aliphatic heterocycles. The Hall–Kier alpha value is -1.52. The van der Waals surface area contributed by atoms with Crippen molar-refractivity contribution < 1.29 is 0 Å². The molecular formula is C14H14Cl2N4. The van der Waals surface area contributed by atoms with Crippen LogP contribution >= 0.6 is 23.2 Å². The van der Waals surface area contributed by atoms with E-state index >= 15 is 0 Å². The summed E-state index contributed by atoms with van der Waals surface area (Å²) < 4.78 is 0. The van der Waals surface area contributed by atoms with Crippen molar-refractivity contribution in [3.8, 4) is 0 Å². The fourth-order valence-electron chi connectivity index (χ4n) is 1.92. The van der Waals surface area contributed by atoms with Crippen LogP contribution in [0.15, 0.2) is 18.2 Å². The molecule has 1 aromatic heterocycles. The summed E-state index contributed by atoms with van der Waals surface area (Å²) in [5.41, 5.74) is 7.48. The molecule has 3 N–H and O–H groups in total. The molecule has 0 amide bonds. The van der Waals surface area contributed by atoms with E-state index in [2.05, 4.69) is 15.3 Å². The molecule has 1 aliphatic rings. The van der Waals surface area contributed by atoms with Gasteiger partial charge in [-0.2, -0.15) is 0 Å². The first-order valence-electron chi connectivity index (χ1n) is 6.40. The number of nitrogen functional groups attached to an aromatic ring is 1. The fraction of sp³-hybridized carbons (Fsp3) is 0.286. The van der Waals surface area contributed by atoms with Crippen LogP contribution in [0.25, 0.3) is 0 Å². The zero-order chi connectivity index (χ0) is 14.3. The van der Waals surface area contributed by atoms with Crippen molar-refractivity contribution in [2.75, 3.05) is 11.1 Å². The standard InChI is InChI=1S/C14H14Cl2N4/c1-7-12(17)19-14(8-2-3-8)20-13(7)18-11-6-9(15)4-5-10(11)16/h4-6,8H,2-3H2,1H3,(H3,17,18,19,20). The third-order valence-electron chi connectivity index (χ3n) is 3.32. The molecule has 20 heavy (non-hydrogen) atoms. The summed E-state index contributed by atoms with van der Waals surface area (Å²) in [6.45, 7) is 1.88. The third kappa shape index (κ3) is 2.67. The first kappa shape index (κ1) is 13.5. The van der Waals surface area contributed by atoms with Gasteiger partial charge in [0, 0.05) is 16.5 Å². The van der Waals surface area contributed by atoms with Crippen LogP contribution in [-0.2, 0) is 0 Å². The van der Waals surface area contributed by atoms with Gasteiger partial charge in [-0.3, -0.25) is 0 Å². The van der Waals surface area contributed by atoms with Gasteiger partial charge in [0.2, 0.25) is 0 Å². The summed E-state index contributed by atoms with van der Waals surface area (Å²) in [7, 11) is 0. The Morgan fingerprint density at radius 2 is 2.00 bits per heavy atom. The lowest BCUT2D eigenvalue weighted by molar-refractivity contribution is 0.928. The highest BCUT2D eigenvalue weighted by atomic mass is 35.5. The second kappa shape index (κ2) is 5.11. The van der Waals surface area contributed by atoms with Gasteiger partial charge in [0.1, 0.15) is 17.5 Å². The van der Waals surface area contributed by atoms with Gasteiger partial charge < -0.3 is 11.1 Å². The molecule has 0 atom stereocenters. The van der Waals surface area contributed by atoms with Crippen LogP contribution in [-0.4, -0.2) is 9.97 Å². The predicted octanol–water partition coefficient (Wildman–Crippen LogP) is 4.30. The summed E-state index contributed by atoms with van der Waals surface area (Å²) in [4.78, 5) is 8.90. The number of nitrogens with one attached hydrogen (secondary N) is 1. The van der Waals surface area contributed by atoms with Crippen LogP contribution in [0.5, 0.6) is 0 Å². The van der Waals surface area contributed by atoms with Crippen molar-refractivity contribution in [2.24, 2.45) is 0 Å². The lowest BCUT2D eigenvalue weighted by atomic mass is 10.2. The quantitative estimate of drug-likeness (QED) is 0.887. The summed E-state index contributed by atoms with van der Waals surface area (Å²) in [6, 6.07) is 5.25. The molecule has 0 saturated heterocycles. The number of nitrogens with two attached hydrogens (primary N) is 1. The highest BCUT2D eigenvalue weighted by molar-refractivity contribution is 6.35. The smallest absolute Gasteiger partial charge is 0.139 e. The molecule has 0 bridgehead atoms. The maximum atomic E-state index is 6.16. The second-order valence-corrected chi connectivity index (χ2v) is 5.81. The van der Waals surface area contributed by atoms with Gasteiger partial charge in [-0.05, 0) is 38.0 Å². The predicted molar refractivity (Wildman–Crippen MR) is 82.9 cm³/mol.